The van der Waals surface area contributed by atoms with E-state index in [9.17, 15) is 9.59 Å². The zero-order valence-electron chi connectivity index (χ0n) is 12.6. The lowest BCUT2D eigenvalue weighted by Gasteiger charge is -2.04. The van der Waals surface area contributed by atoms with Crippen molar-refractivity contribution in [3.63, 3.8) is 0 Å². The van der Waals surface area contributed by atoms with Crippen LogP contribution in [0.15, 0.2) is 66.7 Å². The highest BCUT2D eigenvalue weighted by Gasteiger charge is 2.13. The monoisotopic (exact) mass is 324 g/mol. The molecule has 3 aromatic carbocycles. The molecular weight excluding hydrogens is 308 g/mol. The van der Waals surface area contributed by atoms with Gasteiger partial charge in [-0.2, -0.15) is 0 Å². The molecule has 0 aromatic heterocycles. The van der Waals surface area contributed by atoms with Gasteiger partial charge in [0.2, 0.25) is 0 Å². The van der Waals surface area contributed by atoms with Gasteiger partial charge in [-0.15, -0.1) is 0 Å². The normalized spacial score (nSPS) is 9.71. The summed E-state index contributed by atoms with van der Waals surface area (Å²) in [7, 11) is 0. The van der Waals surface area contributed by atoms with Crippen LogP contribution in [-0.4, -0.2) is 22.2 Å². The maximum Gasteiger partial charge on any atom is 0.336 e. The first kappa shape index (κ1) is 17.0. The molecule has 0 radical (unpaired) electrons. The fourth-order valence-corrected chi connectivity index (χ4v) is 2.15. The quantitative estimate of drug-likeness (QED) is 0.435. The number of benzene rings is 3. The Morgan fingerprint density at radius 3 is 2.00 bits per heavy atom. The van der Waals surface area contributed by atoms with Gasteiger partial charge in [0.15, 0.2) is 0 Å². The first-order chi connectivity index (χ1) is 11.5. The van der Waals surface area contributed by atoms with Gasteiger partial charge in [0, 0.05) is 5.69 Å². The first-order valence-electron chi connectivity index (χ1n) is 7.04. The summed E-state index contributed by atoms with van der Waals surface area (Å²) < 4.78 is 0. The van der Waals surface area contributed by atoms with Crippen molar-refractivity contribution in [2.45, 2.75) is 0 Å². The number of para-hydroxylation sites is 1. The second kappa shape index (κ2) is 7.75. The summed E-state index contributed by atoms with van der Waals surface area (Å²) in [6.45, 7) is 0. The summed E-state index contributed by atoms with van der Waals surface area (Å²) in [5.41, 5.74) is 3.46. The largest absolute Gasteiger partial charge is 0.478 e. The van der Waals surface area contributed by atoms with E-state index < -0.39 is 11.9 Å². The van der Waals surface area contributed by atoms with E-state index >= 15 is 0 Å². The van der Waals surface area contributed by atoms with Gasteiger partial charge in [0.25, 0.3) is 0 Å². The number of hydrogen-bond donors (Lipinski definition) is 4. The van der Waals surface area contributed by atoms with Crippen molar-refractivity contribution in [1.82, 2.24) is 0 Å². The van der Waals surface area contributed by atoms with Crippen LogP contribution in [0.3, 0.4) is 0 Å². The molecule has 0 aliphatic rings. The van der Waals surface area contributed by atoms with E-state index in [-0.39, 0.29) is 11.1 Å². The van der Waals surface area contributed by atoms with Gasteiger partial charge in [-0.25, -0.2) is 9.59 Å². The number of nitrogens with two attached hydrogens (primary N) is 1. The average molecular weight is 324 g/mol. The summed E-state index contributed by atoms with van der Waals surface area (Å²) >= 11 is 0. The third kappa shape index (κ3) is 4.08. The van der Waals surface area contributed by atoms with E-state index in [1.165, 1.54) is 12.1 Å². The molecule has 0 aliphatic heterocycles. The summed E-state index contributed by atoms with van der Waals surface area (Å²) in [6, 6.07) is 19.0. The number of aromatic carboxylic acids is 2. The highest BCUT2D eigenvalue weighted by molar-refractivity contribution is 6.07. The minimum absolute atomic E-state index is 0.00972. The lowest BCUT2D eigenvalue weighted by Crippen LogP contribution is -2.05. The van der Waals surface area contributed by atoms with Crippen molar-refractivity contribution in [1.29, 1.82) is 0 Å². The van der Waals surface area contributed by atoms with Gasteiger partial charge in [-0.3, -0.25) is 5.84 Å². The molecule has 3 rings (SSSR count). The van der Waals surface area contributed by atoms with Gasteiger partial charge < -0.3 is 15.6 Å². The van der Waals surface area contributed by atoms with E-state index in [0.717, 1.165) is 5.69 Å². The van der Waals surface area contributed by atoms with Gasteiger partial charge in [0.05, 0.1) is 11.1 Å². The Hall–Kier alpha value is -3.38. The van der Waals surface area contributed by atoms with Crippen LogP contribution < -0.4 is 11.3 Å². The Kier molecular flexibility index (Phi) is 5.49. The molecule has 122 valence electrons. The molecule has 0 unspecified atom stereocenters. The number of nitrogens with one attached hydrogen (secondary N) is 1. The van der Waals surface area contributed by atoms with Crippen LogP contribution in [-0.2, 0) is 0 Å². The molecule has 0 atom stereocenters. The summed E-state index contributed by atoms with van der Waals surface area (Å²) in [6.07, 6.45) is 0. The van der Waals surface area contributed by atoms with E-state index in [1.54, 1.807) is 24.3 Å². The molecule has 0 spiro atoms. The summed E-state index contributed by atoms with van der Waals surface area (Å²) in [4.78, 5) is 21.8. The van der Waals surface area contributed by atoms with Crippen LogP contribution in [0, 0.1) is 0 Å². The third-order valence-electron chi connectivity index (χ3n) is 3.28. The molecule has 6 nitrogen and oxygen atoms in total. The SMILES string of the molecule is NNc1ccccc1.O=C(O)c1cc(C(=O)O)c2ccccc2c1. The number of nitrogen functional groups attached to an aromatic ring is 1. The van der Waals surface area contributed by atoms with Crippen molar-refractivity contribution in [3.8, 4) is 0 Å². The number of fused-ring (bicyclic) bond motifs is 1. The second-order valence-electron chi connectivity index (χ2n) is 4.87. The summed E-state index contributed by atoms with van der Waals surface area (Å²) in [5, 5.41) is 19.0. The first-order valence-corrected chi connectivity index (χ1v) is 7.04. The number of rotatable bonds is 3. The lowest BCUT2D eigenvalue weighted by atomic mass is 10.0. The number of hydrogen-bond acceptors (Lipinski definition) is 4. The van der Waals surface area contributed by atoms with Crippen LogP contribution >= 0.6 is 0 Å². The highest BCUT2D eigenvalue weighted by atomic mass is 16.4. The predicted octanol–water partition coefficient (Wildman–Crippen LogP) is 3.21. The van der Waals surface area contributed by atoms with Crippen molar-refractivity contribution >= 4 is 28.4 Å². The number of carbonyl (C=O) groups is 2. The Labute approximate surface area is 138 Å². The van der Waals surface area contributed by atoms with Crippen LogP contribution in [0.2, 0.25) is 0 Å². The molecule has 0 heterocycles. The van der Waals surface area contributed by atoms with Gasteiger partial charge in [-0.1, -0.05) is 42.5 Å². The minimum Gasteiger partial charge on any atom is -0.478 e. The van der Waals surface area contributed by atoms with Crippen LogP contribution in [0.1, 0.15) is 20.7 Å². The van der Waals surface area contributed by atoms with Crippen molar-refractivity contribution in [3.05, 3.63) is 77.9 Å². The number of anilines is 1. The predicted molar refractivity (Wildman–Crippen MR) is 92.1 cm³/mol. The second-order valence-corrected chi connectivity index (χ2v) is 4.87. The third-order valence-corrected chi connectivity index (χ3v) is 3.28. The van der Waals surface area contributed by atoms with Gasteiger partial charge in [-0.05, 0) is 35.0 Å². The molecule has 0 saturated carbocycles. The number of carboxylic acid groups (broad SMARTS) is 2. The highest BCUT2D eigenvalue weighted by Crippen LogP contribution is 2.21. The fourth-order valence-electron chi connectivity index (χ4n) is 2.15. The molecule has 0 bridgehead atoms. The zero-order valence-corrected chi connectivity index (χ0v) is 12.6. The van der Waals surface area contributed by atoms with E-state index in [4.69, 9.17) is 16.1 Å². The molecule has 0 saturated heterocycles. The molecule has 5 N–H and O–H groups in total. The van der Waals surface area contributed by atoms with E-state index in [2.05, 4.69) is 5.43 Å². The van der Waals surface area contributed by atoms with Crippen molar-refractivity contribution in [2.75, 3.05) is 5.43 Å². The van der Waals surface area contributed by atoms with Crippen molar-refractivity contribution < 1.29 is 19.8 Å². The molecule has 24 heavy (non-hydrogen) atoms. The average Bonchev–Trinajstić information content (AvgIpc) is 2.61. The number of hydrazine groups is 1. The van der Waals surface area contributed by atoms with Gasteiger partial charge in [0.1, 0.15) is 0 Å². The van der Waals surface area contributed by atoms with Crippen molar-refractivity contribution in [2.24, 2.45) is 5.84 Å². The molecule has 0 fully saturated rings. The fraction of sp³-hybridized carbons (Fsp3) is 0. The molecule has 3 aromatic rings. The Morgan fingerprint density at radius 2 is 1.46 bits per heavy atom. The van der Waals surface area contributed by atoms with Crippen LogP contribution in [0.4, 0.5) is 5.69 Å². The smallest absolute Gasteiger partial charge is 0.336 e. The zero-order chi connectivity index (χ0) is 17.5. The number of carboxylic acids is 2. The van der Waals surface area contributed by atoms with Gasteiger partial charge >= 0.3 is 11.9 Å². The lowest BCUT2D eigenvalue weighted by molar-refractivity contribution is 0.0696. The van der Waals surface area contributed by atoms with E-state index in [0.29, 0.717) is 10.8 Å². The van der Waals surface area contributed by atoms with Crippen LogP contribution in [0.25, 0.3) is 10.8 Å². The molecular formula is C18H16N2O4. The maximum atomic E-state index is 11.0. The molecule has 0 amide bonds. The minimum atomic E-state index is -1.13. The standard InChI is InChI=1S/C12H8O4.C6H8N2/c13-11(14)8-5-7-3-1-2-4-9(7)10(6-8)12(15)16;7-8-6-4-2-1-3-5-6/h1-6H,(H,13,14)(H,15,16);1-5,8H,7H2. The maximum absolute atomic E-state index is 11.0. The Morgan fingerprint density at radius 1 is 0.833 bits per heavy atom. The molecule has 6 heteroatoms. The van der Waals surface area contributed by atoms with Crippen LogP contribution in [0.5, 0.6) is 0 Å². The summed E-state index contributed by atoms with van der Waals surface area (Å²) in [5.74, 6) is 2.84. The molecule has 0 aliphatic carbocycles. The topological polar surface area (TPSA) is 113 Å². The Balaban J connectivity index is 0.000000219. The van der Waals surface area contributed by atoms with E-state index in [1.807, 2.05) is 30.3 Å². The Bertz CT molecular complexity index is 863.